The molecule has 0 saturated carbocycles. The third kappa shape index (κ3) is 5.23. The maximum Gasteiger partial charge on any atom is 0.410 e. The molecule has 3 heterocycles. The van der Waals surface area contributed by atoms with Gasteiger partial charge in [-0.05, 0) is 5.56 Å². The monoisotopic (exact) mass is 471 g/mol. The van der Waals surface area contributed by atoms with E-state index in [1.807, 2.05) is 35.2 Å². The van der Waals surface area contributed by atoms with Crippen molar-refractivity contribution in [2.45, 2.75) is 30.8 Å². The lowest BCUT2D eigenvalue weighted by Crippen LogP contribution is -2.57. The Bertz CT molecular complexity index is 1170. The largest absolute Gasteiger partial charge is 0.445 e. The van der Waals surface area contributed by atoms with E-state index in [1.165, 1.54) is 0 Å². The number of ether oxygens (including phenoxy) is 2. The highest BCUT2D eigenvalue weighted by Crippen LogP contribution is 2.29. The number of rotatable bonds is 5. The maximum absolute atomic E-state index is 12.8. The molecule has 1 atom stereocenters. The van der Waals surface area contributed by atoms with Crippen LogP contribution in [0.5, 0.6) is 0 Å². The first-order valence-electron chi connectivity index (χ1n) is 10.6. The molecule has 1 aromatic carbocycles. The molecule has 0 spiro atoms. The van der Waals surface area contributed by atoms with Gasteiger partial charge in [-0.2, -0.15) is 0 Å². The van der Waals surface area contributed by atoms with Crippen molar-refractivity contribution >= 4 is 21.7 Å². The number of piperazine rings is 1. The standard InChI is InChI=1S/C22H25N5O5S/c1-23-12-17-13-26(9-10-27(17)22(28)32-14-16-6-4-3-5-7-16)20-18-15-31-11-8-19(18)24-21(25-20)33(2,29)30/h3-7,17H,8-15H2,2H3/t17-/m0/s1. The van der Waals surface area contributed by atoms with Crippen LogP contribution in [-0.4, -0.2) is 74.5 Å². The van der Waals surface area contributed by atoms with Crippen LogP contribution in [0.4, 0.5) is 10.6 Å². The van der Waals surface area contributed by atoms with Crippen LogP contribution in [0.1, 0.15) is 16.8 Å². The van der Waals surface area contributed by atoms with Crippen molar-refractivity contribution in [3.05, 3.63) is 58.6 Å². The van der Waals surface area contributed by atoms with E-state index in [0.29, 0.717) is 50.8 Å². The van der Waals surface area contributed by atoms with E-state index in [1.54, 1.807) is 4.90 Å². The fraction of sp³-hybridized carbons (Fsp3) is 0.455. The van der Waals surface area contributed by atoms with Gasteiger partial charge < -0.3 is 19.2 Å². The van der Waals surface area contributed by atoms with Crippen LogP contribution in [0.15, 0.2) is 35.5 Å². The number of aromatic nitrogens is 2. The number of hydrogen-bond acceptors (Lipinski definition) is 8. The van der Waals surface area contributed by atoms with Gasteiger partial charge in [-0.25, -0.2) is 29.8 Å². The number of hydrogen-bond donors (Lipinski definition) is 0. The van der Waals surface area contributed by atoms with Crippen LogP contribution >= 0.6 is 0 Å². The molecule has 33 heavy (non-hydrogen) atoms. The molecule has 1 saturated heterocycles. The summed E-state index contributed by atoms with van der Waals surface area (Å²) in [4.78, 5) is 28.4. The lowest BCUT2D eigenvalue weighted by Gasteiger charge is -2.40. The Hall–Kier alpha value is -3.23. The molecule has 1 fully saturated rings. The normalized spacial score (nSPS) is 18.4. The molecule has 0 unspecified atom stereocenters. The summed E-state index contributed by atoms with van der Waals surface area (Å²) in [5.74, 6) is 0.493. The smallest absolute Gasteiger partial charge is 0.410 e. The summed E-state index contributed by atoms with van der Waals surface area (Å²) in [6.45, 7) is 9.42. The molecule has 0 N–H and O–H groups in total. The summed E-state index contributed by atoms with van der Waals surface area (Å²) in [6.07, 6.45) is 1.11. The summed E-state index contributed by atoms with van der Waals surface area (Å²) >= 11 is 0. The Morgan fingerprint density at radius 1 is 1.27 bits per heavy atom. The van der Waals surface area contributed by atoms with Gasteiger partial charge in [-0.15, -0.1) is 0 Å². The maximum atomic E-state index is 12.8. The fourth-order valence-corrected chi connectivity index (χ4v) is 4.50. The highest BCUT2D eigenvalue weighted by Gasteiger charge is 2.36. The van der Waals surface area contributed by atoms with Gasteiger partial charge in [0.25, 0.3) is 0 Å². The van der Waals surface area contributed by atoms with Gasteiger partial charge in [-0.3, -0.25) is 4.90 Å². The fourth-order valence-electron chi connectivity index (χ4n) is 3.97. The van der Waals surface area contributed by atoms with Gasteiger partial charge in [0.1, 0.15) is 18.5 Å². The molecule has 2 aromatic rings. The third-order valence-corrected chi connectivity index (χ3v) is 6.48. The van der Waals surface area contributed by atoms with E-state index in [9.17, 15) is 13.2 Å². The summed E-state index contributed by atoms with van der Waals surface area (Å²) in [5.41, 5.74) is 2.31. The quantitative estimate of drug-likeness (QED) is 0.479. The average molecular weight is 472 g/mol. The average Bonchev–Trinajstić information content (AvgIpc) is 2.82. The molecule has 11 heteroatoms. The van der Waals surface area contributed by atoms with Crippen molar-refractivity contribution in [1.82, 2.24) is 14.9 Å². The molecule has 0 aliphatic carbocycles. The van der Waals surface area contributed by atoms with Gasteiger partial charge in [0, 0.05) is 37.9 Å². The predicted molar refractivity (Wildman–Crippen MR) is 119 cm³/mol. The molecule has 10 nitrogen and oxygen atoms in total. The SMILES string of the molecule is [C-]#[N+]C[C@H]1CN(c2nc(S(C)(=O)=O)nc3c2COCC3)CCN1C(=O)OCc1ccccc1. The second kappa shape index (κ2) is 9.72. The van der Waals surface area contributed by atoms with Crippen molar-refractivity contribution in [2.24, 2.45) is 0 Å². The molecule has 174 valence electrons. The number of anilines is 1. The van der Waals surface area contributed by atoms with Crippen LogP contribution in [0.3, 0.4) is 0 Å². The van der Waals surface area contributed by atoms with Gasteiger partial charge in [0.15, 0.2) is 0 Å². The first kappa shape index (κ1) is 22.9. The number of nitrogens with zero attached hydrogens (tertiary/aromatic N) is 5. The molecular formula is C22H25N5O5S. The van der Waals surface area contributed by atoms with Crippen LogP contribution in [0, 0.1) is 6.57 Å². The number of carbonyl (C=O) groups is 1. The van der Waals surface area contributed by atoms with Crippen molar-refractivity contribution in [2.75, 3.05) is 43.9 Å². The van der Waals surface area contributed by atoms with Gasteiger partial charge >= 0.3 is 6.09 Å². The second-order valence-electron chi connectivity index (χ2n) is 8.00. The van der Waals surface area contributed by atoms with E-state index in [0.717, 1.165) is 17.4 Å². The number of fused-ring (bicyclic) bond motifs is 1. The molecule has 2 aliphatic rings. The van der Waals surface area contributed by atoms with Crippen molar-refractivity contribution in [3.8, 4) is 0 Å². The van der Waals surface area contributed by atoms with Crippen LogP contribution < -0.4 is 4.90 Å². The number of sulfone groups is 1. The second-order valence-corrected chi connectivity index (χ2v) is 9.91. The molecule has 1 aromatic heterocycles. The minimum Gasteiger partial charge on any atom is -0.445 e. The number of carbonyl (C=O) groups excluding carboxylic acids is 1. The Labute approximate surface area is 192 Å². The zero-order chi connectivity index (χ0) is 23.4. The summed E-state index contributed by atoms with van der Waals surface area (Å²) < 4.78 is 35.4. The summed E-state index contributed by atoms with van der Waals surface area (Å²) in [7, 11) is -3.60. The number of benzene rings is 1. The zero-order valence-corrected chi connectivity index (χ0v) is 19.1. The Kier molecular flexibility index (Phi) is 6.76. The zero-order valence-electron chi connectivity index (χ0n) is 18.3. The number of amides is 1. The Morgan fingerprint density at radius 3 is 2.79 bits per heavy atom. The minimum absolute atomic E-state index is 0.0969. The molecule has 0 bridgehead atoms. The Morgan fingerprint density at radius 2 is 2.06 bits per heavy atom. The molecular weight excluding hydrogens is 446 g/mol. The molecule has 2 aliphatic heterocycles. The first-order chi connectivity index (χ1) is 15.9. The molecule has 1 amide bonds. The van der Waals surface area contributed by atoms with Crippen LogP contribution in [-0.2, 0) is 38.9 Å². The van der Waals surface area contributed by atoms with E-state index < -0.39 is 22.0 Å². The first-order valence-corrected chi connectivity index (χ1v) is 12.5. The van der Waals surface area contributed by atoms with E-state index >= 15 is 0 Å². The van der Waals surface area contributed by atoms with Gasteiger partial charge in [0.2, 0.25) is 21.5 Å². The van der Waals surface area contributed by atoms with Crippen LogP contribution in [0.2, 0.25) is 0 Å². The van der Waals surface area contributed by atoms with E-state index in [4.69, 9.17) is 16.0 Å². The summed E-state index contributed by atoms with van der Waals surface area (Å²) in [5, 5.41) is -0.218. The van der Waals surface area contributed by atoms with Crippen molar-refractivity contribution in [3.63, 3.8) is 0 Å². The van der Waals surface area contributed by atoms with Crippen LogP contribution in [0.25, 0.3) is 4.85 Å². The summed E-state index contributed by atoms with van der Waals surface area (Å²) in [6, 6.07) is 8.98. The predicted octanol–water partition coefficient (Wildman–Crippen LogP) is 1.70. The third-order valence-electron chi connectivity index (χ3n) is 5.64. The van der Waals surface area contributed by atoms with E-state index in [2.05, 4.69) is 14.8 Å². The highest BCUT2D eigenvalue weighted by molar-refractivity contribution is 7.90. The minimum atomic E-state index is -3.60. The lowest BCUT2D eigenvalue weighted by atomic mass is 10.1. The molecule has 0 radical (unpaired) electrons. The van der Waals surface area contributed by atoms with Gasteiger partial charge in [-0.1, -0.05) is 30.3 Å². The topological polar surface area (TPSA) is 106 Å². The van der Waals surface area contributed by atoms with Crippen molar-refractivity contribution < 1.29 is 22.7 Å². The van der Waals surface area contributed by atoms with Gasteiger partial charge in [0.05, 0.1) is 18.9 Å². The lowest BCUT2D eigenvalue weighted by molar-refractivity contribution is 0.0785. The molecule has 4 rings (SSSR count). The highest BCUT2D eigenvalue weighted by atomic mass is 32.2. The van der Waals surface area contributed by atoms with Crippen molar-refractivity contribution in [1.29, 1.82) is 0 Å². The Balaban J connectivity index is 1.55. The van der Waals surface area contributed by atoms with E-state index in [-0.39, 0.29) is 18.3 Å².